The number of fused-ring (bicyclic) bond motifs is 1. The number of nitrogens with zero attached hydrogens (tertiary/aromatic N) is 3. The molecule has 0 bridgehead atoms. The van der Waals surface area contributed by atoms with Crippen molar-refractivity contribution in [1.82, 2.24) is 14.3 Å². The van der Waals surface area contributed by atoms with E-state index in [1.807, 2.05) is 64.2 Å². The Labute approximate surface area is 153 Å². The molecule has 2 aromatic heterocycles. The summed E-state index contributed by atoms with van der Waals surface area (Å²) in [5, 5.41) is 0. The summed E-state index contributed by atoms with van der Waals surface area (Å²) in [4.78, 5) is 19.2. The lowest BCUT2D eigenvalue weighted by molar-refractivity contribution is 0.0696. The number of hydrogen-bond donors (Lipinski definition) is 0. The number of ether oxygens (including phenoxy) is 1. The van der Waals surface area contributed by atoms with E-state index in [-0.39, 0.29) is 5.91 Å². The molecule has 26 heavy (non-hydrogen) atoms. The highest BCUT2D eigenvalue weighted by Crippen LogP contribution is 2.21. The molecule has 0 unspecified atom stereocenters. The van der Waals surface area contributed by atoms with Crippen molar-refractivity contribution < 1.29 is 9.53 Å². The van der Waals surface area contributed by atoms with Gasteiger partial charge in [-0.05, 0) is 49.1 Å². The van der Waals surface area contributed by atoms with Gasteiger partial charge in [0.15, 0.2) is 0 Å². The molecule has 1 aliphatic rings. The number of pyridine rings is 1. The second kappa shape index (κ2) is 7.20. The molecular formula is C21H23N3O2. The molecule has 3 aromatic rings. The van der Waals surface area contributed by atoms with Crippen LogP contribution in [0.3, 0.4) is 0 Å². The third-order valence-electron chi connectivity index (χ3n) is 4.95. The summed E-state index contributed by atoms with van der Waals surface area (Å²) in [7, 11) is 0. The summed E-state index contributed by atoms with van der Waals surface area (Å²) in [6, 6.07) is 13.3. The molecule has 0 aliphatic carbocycles. The van der Waals surface area contributed by atoms with Crippen LogP contribution in [0.2, 0.25) is 0 Å². The van der Waals surface area contributed by atoms with Crippen LogP contribution in [0.1, 0.15) is 35.8 Å². The minimum atomic E-state index is 0.0927. The maximum atomic E-state index is 12.7. The van der Waals surface area contributed by atoms with Crippen molar-refractivity contribution in [1.29, 1.82) is 0 Å². The molecule has 134 valence electrons. The number of rotatable bonds is 4. The van der Waals surface area contributed by atoms with Gasteiger partial charge in [0.05, 0.1) is 5.69 Å². The van der Waals surface area contributed by atoms with Crippen LogP contribution in [0.15, 0.2) is 54.9 Å². The monoisotopic (exact) mass is 349 g/mol. The number of carbonyl (C=O) groups is 1. The Kier molecular flexibility index (Phi) is 4.61. The van der Waals surface area contributed by atoms with Crippen molar-refractivity contribution in [2.24, 2.45) is 5.92 Å². The Morgan fingerprint density at radius 3 is 2.85 bits per heavy atom. The van der Waals surface area contributed by atoms with E-state index in [9.17, 15) is 4.79 Å². The van der Waals surface area contributed by atoms with Crippen molar-refractivity contribution in [3.05, 3.63) is 66.1 Å². The molecular weight excluding hydrogens is 326 g/mol. The molecule has 5 heteroatoms. The van der Waals surface area contributed by atoms with E-state index in [1.165, 1.54) is 0 Å². The standard InChI is InChI=1S/C21H23N3O2/c1-16-8-11-23(12-9-16)21(25)17-5-4-6-19(13-17)26-15-18-14-24-10-3-2-7-20(24)22-18/h2-7,10,13-14,16H,8-9,11-12,15H2,1H3. The first-order valence-corrected chi connectivity index (χ1v) is 9.14. The predicted octanol–water partition coefficient (Wildman–Crippen LogP) is 3.79. The number of aromatic nitrogens is 2. The van der Waals surface area contributed by atoms with E-state index in [0.717, 1.165) is 37.3 Å². The van der Waals surface area contributed by atoms with Gasteiger partial charge in [0.25, 0.3) is 5.91 Å². The number of hydrogen-bond acceptors (Lipinski definition) is 3. The van der Waals surface area contributed by atoms with Gasteiger partial charge in [0.1, 0.15) is 18.0 Å². The minimum Gasteiger partial charge on any atom is -0.487 e. The lowest BCUT2D eigenvalue weighted by atomic mass is 9.98. The summed E-state index contributed by atoms with van der Waals surface area (Å²) in [6.07, 6.45) is 6.08. The highest BCUT2D eigenvalue weighted by Gasteiger charge is 2.21. The van der Waals surface area contributed by atoms with Crippen LogP contribution in [-0.4, -0.2) is 33.3 Å². The highest BCUT2D eigenvalue weighted by atomic mass is 16.5. The Bertz CT molecular complexity index is 877. The first-order chi connectivity index (χ1) is 12.7. The third kappa shape index (κ3) is 3.57. The van der Waals surface area contributed by atoms with Crippen LogP contribution in [-0.2, 0) is 6.61 Å². The molecule has 0 saturated carbocycles. The number of benzene rings is 1. The van der Waals surface area contributed by atoms with Gasteiger partial charge < -0.3 is 14.0 Å². The quantitative estimate of drug-likeness (QED) is 0.720. The molecule has 0 spiro atoms. The van der Waals surface area contributed by atoms with Gasteiger partial charge in [-0.25, -0.2) is 4.98 Å². The summed E-state index contributed by atoms with van der Waals surface area (Å²) in [6.45, 7) is 4.30. The van der Waals surface area contributed by atoms with Gasteiger partial charge in [-0.15, -0.1) is 0 Å². The zero-order valence-corrected chi connectivity index (χ0v) is 15.0. The first-order valence-electron chi connectivity index (χ1n) is 9.14. The Balaban J connectivity index is 1.43. The number of carbonyl (C=O) groups excluding carboxylic acids is 1. The zero-order chi connectivity index (χ0) is 17.9. The van der Waals surface area contributed by atoms with E-state index < -0.39 is 0 Å². The molecule has 1 amide bonds. The highest BCUT2D eigenvalue weighted by molar-refractivity contribution is 5.94. The van der Waals surface area contributed by atoms with Gasteiger partial charge in [0.2, 0.25) is 0 Å². The van der Waals surface area contributed by atoms with Gasteiger partial charge in [0, 0.05) is 31.0 Å². The molecule has 4 rings (SSSR count). The Hall–Kier alpha value is -2.82. The Morgan fingerprint density at radius 2 is 2.04 bits per heavy atom. The SMILES string of the molecule is CC1CCN(C(=O)c2cccc(OCc3cn4ccccc4n3)c2)CC1. The van der Waals surface area contributed by atoms with Crippen LogP contribution < -0.4 is 4.74 Å². The van der Waals surface area contributed by atoms with Crippen LogP contribution in [0.4, 0.5) is 0 Å². The summed E-state index contributed by atoms with van der Waals surface area (Å²) >= 11 is 0. The minimum absolute atomic E-state index is 0.0927. The molecule has 1 aliphatic heterocycles. The van der Waals surface area contributed by atoms with Crippen molar-refractivity contribution in [2.45, 2.75) is 26.4 Å². The largest absolute Gasteiger partial charge is 0.487 e. The van der Waals surface area contributed by atoms with Crippen LogP contribution in [0.25, 0.3) is 5.65 Å². The van der Waals surface area contributed by atoms with Crippen molar-refractivity contribution >= 4 is 11.6 Å². The predicted molar refractivity (Wildman–Crippen MR) is 100 cm³/mol. The second-order valence-corrected chi connectivity index (χ2v) is 6.99. The summed E-state index contributed by atoms with van der Waals surface area (Å²) < 4.78 is 7.84. The van der Waals surface area contributed by atoms with Crippen LogP contribution in [0, 0.1) is 5.92 Å². The number of amides is 1. The van der Waals surface area contributed by atoms with Gasteiger partial charge >= 0.3 is 0 Å². The molecule has 0 atom stereocenters. The fourth-order valence-corrected chi connectivity index (χ4v) is 3.33. The van der Waals surface area contributed by atoms with Gasteiger partial charge in [-0.3, -0.25) is 4.79 Å². The summed E-state index contributed by atoms with van der Waals surface area (Å²) in [5.41, 5.74) is 2.44. The summed E-state index contributed by atoms with van der Waals surface area (Å²) in [5.74, 6) is 1.49. The first kappa shape index (κ1) is 16.6. The van der Waals surface area contributed by atoms with Crippen LogP contribution >= 0.6 is 0 Å². The number of piperidine rings is 1. The molecule has 5 nitrogen and oxygen atoms in total. The van der Waals surface area contributed by atoms with Crippen molar-refractivity contribution in [2.75, 3.05) is 13.1 Å². The molecule has 3 heterocycles. The van der Waals surface area contributed by atoms with Crippen molar-refractivity contribution in [3.8, 4) is 5.75 Å². The zero-order valence-electron chi connectivity index (χ0n) is 15.0. The molecule has 1 fully saturated rings. The normalized spacial score (nSPS) is 15.3. The average molecular weight is 349 g/mol. The molecule has 1 saturated heterocycles. The van der Waals surface area contributed by atoms with Gasteiger partial charge in [-0.1, -0.05) is 19.1 Å². The Morgan fingerprint density at radius 1 is 1.19 bits per heavy atom. The van der Waals surface area contributed by atoms with E-state index in [4.69, 9.17) is 4.74 Å². The lowest BCUT2D eigenvalue weighted by Crippen LogP contribution is -2.37. The molecule has 0 N–H and O–H groups in total. The fraction of sp³-hybridized carbons (Fsp3) is 0.333. The second-order valence-electron chi connectivity index (χ2n) is 6.99. The molecule has 0 radical (unpaired) electrons. The average Bonchev–Trinajstić information content (AvgIpc) is 3.10. The topological polar surface area (TPSA) is 46.8 Å². The fourth-order valence-electron chi connectivity index (χ4n) is 3.33. The third-order valence-corrected chi connectivity index (χ3v) is 4.95. The maximum Gasteiger partial charge on any atom is 0.253 e. The number of imidazole rings is 1. The van der Waals surface area contributed by atoms with Crippen molar-refractivity contribution in [3.63, 3.8) is 0 Å². The van der Waals surface area contributed by atoms with E-state index >= 15 is 0 Å². The maximum absolute atomic E-state index is 12.7. The van der Waals surface area contributed by atoms with E-state index in [0.29, 0.717) is 23.8 Å². The molecule has 1 aromatic carbocycles. The lowest BCUT2D eigenvalue weighted by Gasteiger charge is -2.30. The van der Waals surface area contributed by atoms with E-state index in [2.05, 4.69) is 11.9 Å². The number of likely N-dealkylation sites (tertiary alicyclic amines) is 1. The van der Waals surface area contributed by atoms with Gasteiger partial charge in [-0.2, -0.15) is 0 Å². The van der Waals surface area contributed by atoms with Crippen LogP contribution in [0.5, 0.6) is 5.75 Å². The smallest absolute Gasteiger partial charge is 0.253 e. The van der Waals surface area contributed by atoms with E-state index in [1.54, 1.807) is 0 Å².